The van der Waals surface area contributed by atoms with Crippen LogP contribution in [0.25, 0.3) is 0 Å². The van der Waals surface area contributed by atoms with Gasteiger partial charge in [-0.2, -0.15) is 0 Å². The monoisotopic (exact) mass is 214 g/mol. The second-order valence-electron chi connectivity index (χ2n) is 5.14. The van der Waals surface area contributed by atoms with Crippen molar-refractivity contribution >= 4 is 0 Å². The van der Waals surface area contributed by atoms with Crippen LogP contribution in [-0.2, 0) is 0 Å². The number of rotatable bonds is 9. The van der Waals surface area contributed by atoms with Gasteiger partial charge in [0.15, 0.2) is 0 Å². The van der Waals surface area contributed by atoms with E-state index in [4.69, 9.17) is 0 Å². The zero-order valence-electron chi connectivity index (χ0n) is 11.4. The number of nitrogens with zero attached hydrogens (tertiary/aromatic N) is 2. The lowest BCUT2D eigenvalue weighted by atomic mass is 10.0. The fourth-order valence-electron chi connectivity index (χ4n) is 1.83. The maximum absolute atomic E-state index is 2.45. The molecule has 0 amide bonds. The molecule has 1 atom stereocenters. The summed E-state index contributed by atoms with van der Waals surface area (Å²) in [6.45, 7) is 8.36. The predicted octanol–water partition coefficient (Wildman–Crippen LogP) is 2.70. The van der Waals surface area contributed by atoms with E-state index in [2.05, 4.69) is 44.8 Å². The van der Waals surface area contributed by atoms with Crippen molar-refractivity contribution in [3.8, 4) is 0 Å². The van der Waals surface area contributed by atoms with Crippen LogP contribution in [0.2, 0.25) is 0 Å². The minimum absolute atomic E-state index is 0.879. The Morgan fingerprint density at radius 3 is 2.13 bits per heavy atom. The van der Waals surface area contributed by atoms with E-state index in [0.717, 1.165) is 5.92 Å². The molecule has 0 radical (unpaired) electrons. The Balaban J connectivity index is 3.36. The van der Waals surface area contributed by atoms with Crippen LogP contribution < -0.4 is 0 Å². The molecule has 0 aromatic carbocycles. The number of hydrogen-bond donors (Lipinski definition) is 0. The average molecular weight is 214 g/mol. The van der Waals surface area contributed by atoms with Gasteiger partial charge in [0.1, 0.15) is 0 Å². The molecule has 2 nitrogen and oxygen atoms in total. The third-order valence-corrected chi connectivity index (χ3v) is 2.91. The van der Waals surface area contributed by atoms with E-state index >= 15 is 0 Å². The zero-order valence-corrected chi connectivity index (χ0v) is 11.4. The molecule has 0 aromatic rings. The molecule has 1 unspecified atom stereocenters. The molecule has 0 rings (SSSR count). The summed E-state index contributed by atoms with van der Waals surface area (Å²) in [4.78, 5) is 4.72. The highest BCUT2D eigenvalue weighted by Gasteiger charge is 2.04. The topological polar surface area (TPSA) is 6.48 Å². The molecular formula is C13H30N2. The second kappa shape index (κ2) is 9.17. The molecular weight excluding hydrogens is 184 g/mol. The van der Waals surface area contributed by atoms with Gasteiger partial charge in [0.2, 0.25) is 0 Å². The van der Waals surface area contributed by atoms with E-state index in [1.807, 2.05) is 0 Å². The molecule has 0 heterocycles. The first-order chi connectivity index (χ1) is 7.06. The van der Waals surface area contributed by atoms with Gasteiger partial charge in [0.05, 0.1) is 0 Å². The smallest absolute Gasteiger partial charge is 0.00193 e. The van der Waals surface area contributed by atoms with Gasteiger partial charge in [-0.25, -0.2) is 0 Å². The Labute approximate surface area is 96.6 Å². The van der Waals surface area contributed by atoms with E-state index in [-0.39, 0.29) is 0 Å². The first-order valence-corrected chi connectivity index (χ1v) is 6.39. The molecule has 0 bridgehead atoms. The summed E-state index contributed by atoms with van der Waals surface area (Å²) in [5.41, 5.74) is 0. The van der Waals surface area contributed by atoms with Crippen molar-refractivity contribution in [1.82, 2.24) is 9.80 Å². The lowest BCUT2D eigenvalue weighted by Gasteiger charge is -2.19. The van der Waals surface area contributed by atoms with Crippen LogP contribution in [0.1, 0.15) is 39.5 Å². The van der Waals surface area contributed by atoms with E-state index < -0.39 is 0 Å². The van der Waals surface area contributed by atoms with Crippen molar-refractivity contribution < 1.29 is 0 Å². The second-order valence-corrected chi connectivity index (χ2v) is 5.14. The van der Waals surface area contributed by atoms with Crippen molar-refractivity contribution in [1.29, 1.82) is 0 Å². The molecule has 0 aliphatic heterocycles. The molecule has 0 aromatic heterocycles. The van der Waals surface area contributed by atoms with Gasteiger partial charge < -0.3 is 9.80 Å². The van der Waals surface area contributed by atoms with Gasteiger partial charge in [-0.05, 0) is 72.4 Å². The Morgan fingerprint density at radius 2 is 1.60 bits per heavy atom. The molecule has 0 N–H and O–H groups in total. The van der Waals surface area contributed by atoms with Crippen molar-refractivity contribution in [2.45, 2.75) is 39.5 Å². The summed E-state index contributed by atoms with van der Waals surface area (Å²) in [5, 5.41) is 0. The average Bonchev–Trinajstić information content (AvgIpc) is 2.14. The van der Waals surface area contributed by atoms with Crippen LogP contribution in [-0.4, -0.2) is 50.6 Å². The normalized spacial score (nSPS) is 13.8. The number of hydrogen-bond acceptors (Lipinski definition) is 2. The standard InChI is InChI=1S/C13H30N2/c1-6-10-15(5)12-9-13(2)8-7-11-14(3)4/h13H,6-12H2,1-5H3. The SMILES string of the molecule is CCCN(C)CCC(C)CCCN(C)C. The molecule has 0 aliphatic carbocycles. The first kappa shape index (κ1) is 14.9. The summed E-state index contributed by atoms with van der Waals surface area (Å²) in [7, 11) is 6.54. The highest BCUT2D eigenvalue weighted by molar-refractivity contribution is 4.58. The van der Waals surface area contributed by atoms with Crippen LogP contribution in [0.15, 0.2) is 0 Å². The Morgan fingerprint density at radius 1 is 0.933 bits per heavy atom. The van der Waals surface area contributed by atoms with Gasteiger partial charge in [0, 0.05) is 0 Å². The van der Waals surface area contributed by atoms with Gasteiger partial charge in [0.25, 0.3) is 0 Å². The fraction of sp³-hybridized carbons (Fsp3) is 1.00. The third-order valence-electron chi connectivity index (χ3n) is 2.91. The van der Waals surface area contributed by atoms with Crippen LogP contribution in [0.4, 0.5) is 0 Å². The largest absolute Gasteiger partial charge is 0.309 e. The summed E-state index contributed by atoms with van der Waals surface area (Å²) in [6.07, 6.45) is 5.33. The summed E-state index contributed by atoms with van der Waals surface area (Å²) < 4.78 is 0. The van der Waals surface area contributed by atoms with Crippen LogP contribution in [0.5, 0.6) is 0 Å². The minimum Gasteiger partial charge on any atom is -0.309 e. The van der Waals surface area contributed by atoms with Crippen molar-refractivity contribution in [2.24, 2.45) is 5.92 Å². The van der Waals surface area contributed by atoms with Crippen molar-refractivity contribution in [2.75, 3.05) is 40.8 Å². The van der Waals surface area contributed by atoms with E-state index in [0.29, 0.717) is 0 Å². The van der Waals surface area contributed by atoms with E-state index in [1.54, 1.807) is 0 Å². The third kappa shape index (κ3) is 10.2. The molecule has 0 saturated heterocycles. The van der Waals surface area contributed by atoms with Crippen LogP contribution in [0, 0.1) is 5.92 Å². The lowest BCUT2D eigenvalue weighted by Crippen LogP contribution is -2.22. The summed E-state index contributed by atoms with van der Waals surface area (Å²) in [5.74, 6) is 0.879. The van der Waals surface area contributed by atoms with Crippen molar-refractivity contribution in [3.63, 3.8) is 0 Å². The molecule has 0 fully saturated rings. The van der Waals surface area contributed by atoms with Crippen molar-refractivity contribution in [3.05, 3.63) is 0 Å². The van der Waals surface area contributed by atoms with E-state index in [9.17, 15) is 0 Å². The molecule has 0 aliphatic rings. The lowest BCUT2D eigenvalue weighted by molar-refractivity contribution is 0.293. The maximum Gasteiger partial charge on any atom is -0.00193 e. The van der Waals surface area contributed by atoms with Gasteiger partial charge >= 0.3 is 0 Å². The van der Waals surface area contributed by atoms with Gasteiger partial charge in [-0.3, -0.25) is 0 Å². The predicted molar refractivity (Wildman–Crippen MR) is 69.4 cm³/mol. The van der Waals surface area contributed by atoms with Crippen LogP contribution >= 0.6 is 0 Å². The molecule has 0 saturated carbocycles. The quantitative estimate of drug-likeness (QED) is 0.582. The summed E-state index contributed by atoms with van der Waals surface area (Å²) in [6, 6.07) is 0. The Bertz CT molecular complexity index is 134. The maximum atomic E-state index is 2.45. The van der Waals surface area contributed by atoms with Crippen LogP contribution in [0.3, 0.4) is 0 Å². The highest BCUT2D eigenvalue weighted by Crippen LogP contribution is 2.10. The first-order valence-electron chi connectivity index (χ1n) is 6.39. The summed E-state index contributed by atoms with van der Waals surface area (Å²) >= 11 is 0. The zero-order chi connectivity index (χ0) is 11.7. The Hall–Kier alpha value is -0.0800. The fourth-order valence-corrected chi connectivity index (χ4v) is 1.83. The molecule has 2 heteroatoms. The highest BCUT2D eigenvalue weighted by atomic mass is 15.1. The van der Waals surface area contributed by atoms with Gasteiger partial charge in [-0.1, -0.05) is 13.8 Å². The molecule has 0 spiro atoms. The molecule has 15 heavy (non-hydrogen) atoms. The minimum atomic E-state index is 0.879. The Kier molecular flexibility index (Phi) is 9.12. The van der Waals surface area contributed by atoms with Gasteiger partial charge in [-0.15, -0.1) is 0 Å². The molecule has 92 valence electrons. The van der Waals surface area contributed by atoms with E-state index in [1.165, 1.54) is 45.3 Å².